The van der Waals surface area contributed by atoms with Crippen LogP contribution in [-0.2, 0) is 0 Å². The number of fused-ring (bicyclic) bond motifs is 1. The summed E-state index contributed by atoms with van der Waals surface area (Å²) in [6, 6.07) is 0. The number of hydrogen-bond acceptors (Lipinski definition) is 1. The van der Waals surface area contributed by atoms with Crippen LogP contribution in [0.15, 0.2) is 0 Å². The van der Waals surface area contributed by atoms with Crippen molar-refractivity contribution in [1.82, 2.24) is 5.32 Å². The van der Waals surface area contributed by atoms with Crippen LogP contribution in [0.4, 0.5) is 0 Å². The van der Waals surface area contributed by atoms with E-state index in [9.17, 15) is 0 Å². The highest BCUT2D eigenvalue weighted by Crippen LogP contribution is 2.40. The van der Waals surface area contributed by atoms with Crippen molar-refractivity contribution in [2.75, 3.05) is 13.1 Å². The minimum absolute atomic E-state index is 0.901. The summed E-state index contributed by atoms with van der Waals surface area (Å²) in [5.41, 5.74) is 0. The van der Waals surface area contributed by atoms with Crippen molar-refractivity contribution in [2.45, 2.75) is 33.1 Å². The summed E-state index contributed by atoms with van der Waals surface area (Å²) in [7, 11) is 0. The zero-order valence-electron chi connectivity index (χ0n) is 8.34. The number of nitrogens with one attached hydrogen (secondary N) is 1. The van der Waals surface area contributed by atoms with E-state index in [2.05, 4.69) is 19.2 Å². The first-order chi connectivity index (χ1) is 5.79. The maximum atomic E-state index is 3.55. The quantitative estimate of drug-likeness (QED) is 0.632. The van der Waals surface area contributed by atoms with Crippen LogP contribution < -0.4 is 5.32 Å². The predicted octanol–water partition coefficient (Wildman–Crippen LogP) is 2.28. The summed E-state index contributed by atoms with van der Waals surface area (Å²) in [5, 5.41) is 3.55. The van der Waals surface area contributed by atoms with Gasteiger partial charge in [-0.2, -0.15) is 0 Å². The highest BCUT2D eigenvalue weighted by Gasteiger charge is 2.37. The third-order valence-corrected chi connectivity index (χ3v) is 3.91. The van der Waals surface area contributed by atoms with Crippen LogP contribution in [0, 0.1) is 23.7 Å². The van der Waals surface area contributed by atoms with Crippen LogP contribution in [0.25, 0.3) is 0 Å². The third-order valence-electron chi connectivity index (χ3n) is 3.91. The van der Waals surface area contributed by atoms with Crippen molar-refractivity contribution < 1.29 is 0 Å². The van der Waals surface area contributed by atoms with E-state index in [4.69, 9.17) is 0 Å². The molecule has 1 saturated carbocycles. The van der Waals surface area contributed by atoms with Gasteiger partial charge >= 0.3 is 0 Å². The monoisotopic (exact) mass is 167 g/mol. The maximum Gasteiger partial charge on any atom is -0.00145 e. The van der Waals surface area contributed by atoms with Crippen LogP contribution in [0.1, 0.15) is 33.1 Å². The summed E-state index contributed by atoms with van der Waals surface area (Å²) < 4.78 is 0. The summed E-state index contributed by atoms with van der Waals surface area (Å²) >= 11 is 0. The Bertz CT molecular complexity index is 153. The zero-order chi connectivity index (χ0) is 8.55. The smallest absolute Gasteiger partial charge is 0.00145 e. The van der Waals surface area contributed by atoms with Gasteiger partial charge in [-0.1, -0.05) is 20.3 Å². The van der Waals surface area contributed by atoms with E-state index in [0.29, 0.717) is 0 Å². The topological polar surface area (TPSA) is 12.0 Å². The fraction of sp³-hybridized carbons (Fsp3) is 1.00. The SMILES string of the molecule is CC(C)C1CCCC2CNCC21. The molecule has 1 nitrogen and oxygen atoms in total. The molecule has 2 fully saturated rings. The van der Waals surface area contributed by atoms with Gasteiger partial charge in [-0.05, 0) is 49.6 Å². The van der Waals surface area contributed by atoms with Gasteiger partial charge < -0.3 is 5.32 Å². The predicted molar refractivity (Wildman–Crippen MR) is 52.0 cm³/mol. The van der Waals surface area contributed by atoms with E-state index in [1.165, 1.54) is 32.4 Å². The summed E-state index contributed by atoms with van der Waals surface area (Å²) in [4.78, 5) is 0. The lowest BCUT2D eigenvalue weighted by Crippen LogP contribution is -2.30. The molecule has 1 heteroatoms. The Hall–Kier alpha value is -0.0400. The van der Waals surface area contributed by atoms with E-state index < -0.39 is 0 Å². The second-order valence-corrected chi connectivity index (χ2v) is 4.92. The average Bonchev–Trinajstić information content (AvgIpc) is 2.49. The third kappa shape index (κ3) is 1.39. The normalized spacial score (nSPS) is 41.8. The van der Waals surface area contributed by atoms with Crippen LogP contribution in [0.2, 0.25) is 0 Å². The lowest BCUT2D eigenvalue weighted by Gasteiger charge is -2.35. The van der Waals surface area contributed by atoms with Gasteiger partial charge in [0.2, 0.25) is 0 Å². The van der Waals surface area contributed by atoms with Crippen molar-refractivity contribution in [3.05, 3.63) is 0 Å². The van der Waals surface area contributed by atoms with Crippen molar-refractivity contribution in [2.24, 2.45) is 23.7 Å². The molecule has 2 aliphatic rings. The molecule has 0 bridgehead atoms. The highest BCUT2D eigenvalue weighted by molar-refractivity contribution is 4.90. The molecule has 12 heavy (non-hydrogen) atoms. The number of hydrogen-bond donors (Lipinski definition) is 1. The van der Waals surface area contributed by atoms with Crippen molar-refractivity contribution in [1.29, 1.82) is 0 Å². The van der Waals surface area contributed by atoms with Crippen LogP contribution in [0.3, 0.4) is 0 Å². The molecule has 0 radical (unpaired) electrons. The second kappa shape index (κ2) is 3.37. The van der Waals surface area contributed by atoms with Gasteiger partial charge in [0.1, 0.15) is 0 Å². The molecule has 2 rings (SSSR count). The molecule has 0 aromatic heterocycles. The van der Waals surface area contributed by atoms with Gasteiger partial charge in [0.25, 0.3) is 0 Å². The molecule has 1 aliphatic carbocycles. The Balaban J connectivity index is 2.03. The van der Waals surface area contributed by atoms with E-state index in [-0.39, 0.29) is 0 Å². The van der Waals surface area contributed by atoms with Crippen LogP contribution in [-0.4, -0.2) is 13.1 Å². The fourth-order valence-corrected chi connectivity index (χ4v) is 3.23. The average molecular weight is 167 g/mol. The molecule has 1 saturated heterocycles. The first-order valence-corrected chi connectivity index (χ1v) is 5.49. The van der Waals surface area contributed by atoms with E-state index >= 15 is 0 Å². The van der Waals surface area contributed by atoms with Crippen molar-refractivity contribution in [3.63, 3.8) is 0 Å². The Morgan fingerprint density at radius 2 is 2.00 bits per heavy atom. The van der Waals surface area contributed by atoms with Crippen LogP contribution in [0.5, 0.6) is 0 Å². The first-order valence-electron chi connectivity index (χ1n) is 5.49. The van der Waals surface area contributed by atoms with E-state index in [1.807, 2.05) is 0 Å². The van der Waals surface area contributed by atoms with Gasteiger partial charge in [-0.3, -0.25) is 0 Å². The minimum atomic E-state index is 0.901. The fourth-order valence-electron chi connectivity index (χ4n) is 3.23. The maximum absolute atomic E-state index is 3.55. The molecular formula is C11H21N. The van der Waals surface area contributed by atoms with Gasteiger partial charge in [0.05, 0.1) is 0 Å². The molecule has 3 atom stereocenters. The molecular weight excluding hydrogens is 146 g/mol. The molecule has 0 amide bonds. The second-order valence-electron chi connectivity index (χ2n) is 4.92. The van der Waals surface area contributed by atoms with Gasteiger partial charge in [-0.25, -0.2) is 0 Å². The van der Waals surface area contributed by atoms with Gasteiger partial charge in [-0.15, -0.1) is 0 Å². The Morgan fingerprint density at radius 3 is 2.75 bits per heavy atom. The van der Waals surface area contributed by atoms with E-state index in [0.717, 1.165) is 23.7 Å². The molecule has 70 valence electrons. The van der Waals surface area contributed by atoms with Crippen molar-refractivity contribution in [3.8, 4) is 0 Å². The lowest BCUT2D eigenvalue weighted by atomic mass is 9.69. The Kier molecular flexibility index (Phi) is 2.40. The summed E-state index contributed by atoms with van der Waals surface area (Å²) in [5.74, 6) is 3.95. The molecule has 0 spiro atoms. The van der Waals surface area contributed by atoms with Crippen molar-refractivity contribution >= 4 is 0 Å². The molecule has 1 N–H and O–H groups in total. The van der Waals surface area contributed by atoms with E-state index in [1.54, 1.807) is 0 Å². The first kappa shape index (κ1) is 8.55. The van der Waals surface area contributed by atoms with Crippen LogP contribution >= 0.6 is 0 Å². The van der Waals surface area contributed by atoms with Gasteiger partial charge in [0, 0.05) is 0 Å². The molecule has 1 heterocycles. The minimum Gasteiger partial charge on any atom is -0.316 e. The Morgan fingerprint density at radius 1 is 1.17 bits per heavy atom. The molecule has 3 unspecified atom stereocenters. The lowest BCUT2D eigenvalue weighted by molar-refractivity contribution is 0.152. The Labute approximate surface area is 75.9 Å². The summed E-state index contributed by atoms with van der Waals surface area (Å²) in [6.07, 6.45) is 4.45. The largest absolute Gasteiger partial charge is 0.316 e. The standard InChI is InChI=1S/C11H21N/c1-8(2)10-5-3-4-9-6-12-7-11(9)10/h8-12H,3-7H2,1-2H3. The number of rotatable bonds is 1. The van der Waals surface area contributed by atoms with Gasteiger partial charge in [0.15, 0.2) is 0 Å². The zero-order valence-corrected chi connectivity index (χ0v) is 8.34. The molecule has 0 aromatic carbocycles. The molecule has 0 aromatic rings. The summed E-state index contributed by atoms with van der Waals surface area (Å²) in [6.45, 7) is 7.39. The highest BCUT2D eigenvalue weighted by atomic mass is 14.9. The molecule has 1 aliphatic heterocycles.